The second-order valence-electron chi connectivity index (χ2n) is 3.98. The maximum atomic E-state index is 11.0. The van der Waals surface area contributed by atoms with Gasteiger partial charge in [0.2, 0.25) is 0 Å². The van der Waals surface area contributed by atoms with E-state index in [0.29, 0.717) is 23.9 Å². The van der Waals surface area contributed by atoms with Crippen molar-refractivity contribution >= 4 is 22.7 Å². The number of nitrogens with zero attached hydrogens (tertiary/aromatic N) is 5. The number of pyridine rings is 1. The van der Waals surface area contributed by atoms with Gasteiger partial charge in [-0.3, -0.25) is 15.1 Å². The molecule has 0 saturated carbocycles. The van der Waals surface area contributed by atoms with Crippen molar-refractivity contribution in [3.05, 3.63) is 62.7 Å². The molecule has 0 aliphatic carbocycles. The van der Waals surface area contributed by atoms with Crippen LogP contribution in [0.1, 0.15) is 12.0 Å². The topological polar surface area (TPSA) is 105 Å². The van der Waals surface area contributed by atoms with Crippen molar-refractivity contribution in [1.29, 1.82) is 0 Å². The summed E-state index contributed by atoms with van der Waals surface area (Å²) in [6.45, 7) is 0.380. The zero-order valence-electron chi connectivity index (χ0n) is 10.5. The van der Waals surface area contributed by atoms with Crippen LogP contribution in [0.4, 0.5) is 5.69 Å². The molecule has 7 heteroatoms. The molecule has 0 unspecified atom stereocenters. The van der Waals surface area contributed by atoms with Crippen LogP contribution in [-0.4, -0.2) is 16.5 Å². The first-order chi connectivity index (χ1) is 9.74. The first kappa shape index (κ1) is 13.5. The lowest BCUT2D eigenvalue weighted by atomic mass is 10.1. The summed E-state index contributed by atoms with van der Waals surface area (Å²) in [5, 5.41) is 14.9. The quantitative estimate of drug-likeness (QED) is 0.205. The first-order valence-corrected chi connectivity index (χ1v) is 5.93. The molecular formula is C13H11N5O2. The molecule has 1 aromatic carbocycles. The molecular weight excluding hydrogens is 258 g/mol. The number of fused-ring (bicyclic) bond motifs is 1. The van der Waals surface area contributed by atoms with Gasteiger partial charge in [-0.2, -0.15) is 0 Å². The molecule has 0 amide bonds. The third-order valence-electron chi connectivity index (χ3n) is 2.73. The Morgan fingerprint density at radius 3 is 3.05 bits per heavy atom. The molecule has 0 fully saturated rings. The number of aromatic nitrogens is 1. The van der Waals surface area contributed by atoms with Gasteiger partial charge in [-0.05, 0) is 30.2 Å². The molecule has 0 bridgehead atoms. The van der Waals surface area contributed by atoms with E-state index in [1.54, 1.807) is 24.4 Å². The van der Waals surface area contributed by atoms with E-state index in [1.165, 1.54) is 6.07 Å². The smallest absolute Gasteiger partial charge is 0.258 e. The fourth-order valence-corrected chi connectivity index (χ4v) is 1.86. The van der Waals surface area contributed by atoms with Crippen LogP contribution in [0.2, 0.25) is 0 Å². The number of nitro benzene ring substituents is 1. The Morgan fingerprint density at radius 1 is 1.45 bits per heavy atom. The van der Waals surface area contributed by atoms with E-state index in [4.69, 9.17) is 5.53 Å². The molecule has 0 radical (unpaired) electrons. The van der Waals surface area contributed by atoms with Gasteiger partial charge in [0.15, 0.2) is 0 Å². The number of benzene rings is 1. The minimum atomic E-state index is -0.418. The summed E-state index contributed by atoms with van der Waals surface area (Å²) in [6.07, 6.45) is 5.88. The van der Waals surface area contributed by atoms with E-state index >= 15 is 0 Å². The molecule has 7 nitrogen and oxygen atoms in total. The predicted molar refractivity (Wildman–Crippen MR) is 76.1 cm³/mol. The summed E-state index contributed by atoms with van der Waals surface area (Å²) >= 11 is 0. The summed E-state index contributed by atoms with van der Waals surface area (Å²) in [4.78, 5) is 17.4. The van der Waals surface area contributed by atoms with Crippen LogP contribution in [0.15, 0.2) is 41.7 Å². The zero-order valence-corrected chi connectivity index (χ0v) is 10.5. The molecule has 0 atom stereocenters. The summed E-state index contributed by atoms with van der Waals surface area (Å²) in [6, 6.07) is 6.48. The highest BCUT2D eigenvalue weighted by atomic mass is 16.6. The van der Waals surface area contributed by atoms with Crippen LogP contribution in [-0.2, 0) is 0 Å². The number of azide groups is 1. The highest BCUT2D eigenvalue weighted by Crippen LogP contribution is 2.27. The second-order valence-corrected chi connectivity index (χ2v) is 3.98. The highest BCUT2D eigenvalue weighted by Gasteiger charge is 2.13. The Labute approximate surface area is 114 Å². The molecule has 0 N–H and O–H groups in total. The minimum absolute atomic E-state index is 0.0410. The van der Waals surface area contributed by atoms with E-state index in [9.17, 15) is 10.1 Å². The highest BCUT2D eigenvalue weighted by molar-refractivity contribution is 5.93. The summed E-state index contributed by atoms with van der Waals surface area (Å²) < 4.78 is 0. The minimum Gasteiger partial charge on any atom is -0.258 e. The fraction of sp³-hybridized carbons (Fsp3) is 0.154. The standard InChI is InChI=1S/C13H11N5O2/c14-17-16-9-2-1-4-10-6-7-12(18(19)20)11-5-3-8-15-13(10)11/h1,3-8H,2,9H2. The first-order valence-electron chi connectivity index (χ1n) is 5.93. The van der Waals surface area contributed by atoms with E-state index in [0.717, 1.165) is 5.56 Å². The van der Waals surface area contributed by atoms with Crippen LogP contribution in [0.3, 0.4) is 0 Å². The van der Waals surface area contributed by atoms with Gasteiger partial charge in [0, 0.05) is 29.3 Å². The van der Waals surface area contributed by atoms with Crippen LogP contribution in [0.5, 0.6) is 0 Å². The van der Waals surface area contributed by atoms with Crippen molar-refractivity contribution in [2.75, 3.05) is 6.54 Å². The monoisotopic (exact) mass is 269 g/mol. The van der Waals surface area contributed by atoms with E-state index in [-0.39, 0.29) is 5.69 Å². The van der Waals surface area contributed by atoms with Gasteiger partial charge in [-0.25, -0.2) is 0 Å². The number of hydrogen-bond donors (Lipinski definition) is 0. The lowest BCUT2D eigenvalue weighted by Crippen LogP contribution is -1.92. The lowest BCUT2D eigenvalue weighted by Gasteiger charge is -2.02. The van der Waals surface area contributed by atoms with Crippen molar-refractivity contribution in [2.24, 2.45) is 5.11 Å². The van der Waals surface area contributed by atoms with Crippen molar-refractivity contribution < 1.29 is 4.92 Å². The number of non-ortho nitro benzene ring substituents is 1. The molecule has 100 valence electrons. The molecule has 0 aliphatic heterocycles. The third kappa shape index (κ3) is 2.90. The molecule has 0 saturated heterocycles. The van der Waals surface area contributed by atoms with Crippen LogP contribution in [0, 0.1) is 10.1 Å². The van der Waals surface area contributed by atoms with E-state index in [2.05, 4.69) is 15.0 Å². The average Bonchev–Trinajstić information content (AvgIpc) is 2.46. The zero-order chi connectivity index (χ0) is 14.4. The SMILES string of the molecule is [N-]=[N+]=NCCC=Cc1ccc([N+](=O)[O-])c2cccnc12. The Balaban J connectivity index is 2.38. The summed E-state index contributed by atoms with van der Waals surface area (Å²) in [5.74, 6) is 0. The fourth-order valence-electron chi connectivity index (χ4n) is 1.86. The van der Waals surface area contributed by atoms with E-state index in [1.807, 2.05) is 12.2 Å². The van der Waals surface area contributed by atoms with Crippen LogP contribution < -0.4 is 0 Å². The van der Waals surface area contributed by atoms with Gasteiger partial charge in [-0.1, -0.05) is 17.3 Å². The van der Waals surface area contributed by atoms with Gasteiger partial charge in [0.1, 0.15) is 0 Å². The normalized spacial score (nSPS) is 10.6. The Morgan fingerprint density at radius 2 is 2.30 bits per heavy atom. The molecule has 1 heterocycles. The molecule has 2 aromatic rings. The lowest BCUT2D eigenvalue weighted by molar-refractivity contribution is -0.383. The maximum absolute atomic E-state index is 11.0. The largest absolute Gasteiger partial charge is 0.278 e. The number of rotatable bonds is 5. The average molecular weight is 269 g/mol. The van der Waals surface area contributed by atoms with Gasteiger partial charge in [0.25, 0.3) is 5.69 Å². The molecule has 0 spiro atoms. The third-order valence-corrected chi connectivity index (χ3v) is 2.73. The van der Waals surface area contributed by atoms with E-state index < -0.39 is 4.92 Å². The van der Waals surface area contributed by atoms with Crippen molar-refractivity contribution in [3.63, 3.8) is 0 Å². The van der Waals surface area contributed by atoms with Gasteiger partial charge >= 0.3 is 0 Å². The van der Waals surface area contributed by atoms with Crippen molar-refractivity contribution in [1.82, 2.24) is 4.98 Å². The van der Waals surface area contributed by atoms with Gasteiger partial charge < -0.3 is 0 Å². The van der Waals surface area contributed by atoms with Crippen molar-refractivity contribution in [2.45, 2.75) is 6.42 Å². The molecule has 0 aliphatic rings. The van der Waals surface area contributed by atoms with Gasteiger partial charge in [0.05, 0.1) is 15.8 Å². The second kappa shape index (κ2) is 6.31. The molecule has 2 rings (SSSR count). The number of hydrogen-bond acceptors (Lipinski definition) is 4. The number of nitro groups is 1. The summed E-state index contributed by atoms with van der Waals surface area (Å²) in [7, 11) is 0. The summed E-state index contributed by atoms with van der Waals surface area (Å²) in [5.41, 5.74) is 9.59. The van der Waals surface area contributed by atoms with Crippen LogP contribution >= 0.6 is 0 Å². The molecule has 20 heavy (non-hydrogen) atoms. The Kier molecular flexibility index (Phi) is 4.26. The van der Waals surface area contributed by atoms with Gasteiger partial charge in [-0.15, -0.1) is 0 Å². The maximum Gasteiger partial charge on any atom is 0.278 e. The van der Waals surface area contributed by atoms with Crippen LogP contribution in [0.25, 0.3) is 27.4 Å². The Bertz CT molecular complexity index is 720. The Hall–Kier alpha value is -2.92. The van der Waals surface area contributed by atoms with Crippen molar-refractivity contribution in [3.8, 4) is 0 Å². The molecule has 1 aromatic heterocycles. The predicted octanol–water partition coefficient (Wildman–Crippen LogP) is 3.86.